The number of hydrogen-bond donors (Lipinski definition) is 1. The predicted octanol–water partition coefficient (Wildman–Crippen LogP) is 3.41. The first kappa shape index (κ1) is 17.6. The molecule has 20 heavy (non-hydrogen) atoms. The van der Waals surface area contributed by atoms with Crippen molar-refractivity contribution in [2.45, 2.75) is 0 Å². The van der Waals surface area contributed by atoms with Crippen LogP contribution >= 0.6 is 24.4 Å². The lowest BCUT2D eigenvalue weighted by Gasteiger charge is -1.83. The largest absolute Gasteiger partial charge is 0.397 e. The zero-order chi connectivity index (χ0) is 15.1. The van der Waals surface area contributed by atoms with E-state index in [0.29, 0.717) is 5.69 Å². The molecule has 0 amide bonds. The second kappa shape index (κ2) is 13.0. The van der Waals surface area contributed by atoms with Gasteiger partial charge in [0.25, 0.3) is 0 Å². The summed E-state index contributed by atoms with van der Waals surface area (Å²) in [6.45, 7) is 3.14. The van der Waals surface area contributed by atoms with Crippen molar-refractivity contribution in [3.8, 4) is 0 Å². The van der Waals surface area contributed by atoms with E-state index in [-0.39, 0.29) is 0 Å². The van der Waals surface area contributed by atoms with E-state index in [4.69, 9.17) is 5.73 Å². The lowest BCUT2D eigenvalue weighted by atomic mass is 10.4. The fourth-order valence-electron chi connectivity index (χ4n) is 0.849. The van der Waals surface area contributed by atoms with Gasteiger partial charge in [-0.3, -0.25) is 9.97 Å². The van der Waals surface area contributed by atoms with Crippen LogP contribution in [0.1, 0.15) is 0 Å². The highest BCUT2D eigenvalue weighted by Crippen LogP contribution is 2.04. The molecule has 0 unspecified atom stereocenters. The molecule has 0 aliphatic rings. The minimum Gasteiger partial charge on any atom is -0.397 e. The number of isothiocyanates is 1. The molecule has 2 heterocycles. The lowest BCUT2D eigenvalue weighted by molar-refractivity contribution is 1.31. The maximum Gasteiger partial charge on any atom is 0.0922 e. The Balaban J connectivity index is 0.000000293. The third kappa shape index (κ3) is 10.7. The summed E-state index contributed by atoms with van der Waals surface area (Å²) in [4.78, 5) is 11.3. The van der Waals surface area contributed by atoms with Gasteiger partial charge in [0.05, 0.1) is 22.7 Å². The van der Waals surface area contributed by atoms with Gasteiger partial charge in [-0.2, -0.15) is 4.99 Å². The molecular weight excluding hydrogens is 288 g/mol. The van der Waals surface area contributed by atoms with E-state index in [1.807, 2.05) is 6.07 Å². The summed E-state index contributed by atoms with van der Waals surface area (Å²) in [6, 6.07) is 7.21. The Bertz CT molecular complexity index is 588. The molecule has 6 heteroatoms. The summed E-state index contributed by atoms with van der Waals surface area (Å²) >= 11 is 8.52. The van der Waals surface area contributed by atoms with Gasteiger partial charge >= 0.3 is 0 Å². The highest BCUT2D eigenvalue weighted by atomic mass is 32.1. The number of thiocarbonyl (C=S) groups is 2. The number of aliphatic imine (C=N–C) groups is 1. The molecule has 4 nitrogen and oxygen atoms in total. The van der Waals surface area contributed by atoms with E-state index in [1.54, 1.807) is 43.0 Å². The smallest absolute Gasteiger partial charge is 0.0922 e. The van der Waals surface area contributed by atoms with Crippen molar-refractivity contribution in [2.24, 2.45) is 4.99 Å². The molecule has 0 aliphatic heterocycles. The average molecular weight is 300 g/mol. The molecule has 0 aromatic carbocycles. The Morgan fingerprint density at radius 3 is 2.00 bits per heavy atom. The third-order valence-electron chi connectivity index (χ3n) is 1.58. The molecule has 0 aliphatic carbocycles. The molecule has 0 radical (unpaired) electrons. The maximum absolute atomic E-state index is 5.30. The van der Waals surface area contributed by atoms with Crippen LogP contribution in [-0.4, -0.2) is 20.2 Å². The van der Waals surface area contributed by atoms with E-state index in [0.717, 1.165) is 5.69 Å². The number of aromatic nitrogens is 2. The van der Waals surface area contributed by atoms with Gasteiger partial charge in [-0.25, -0.2) is 0 Å². The number of nitrogens with two attached hydrogens (primary N) is 1. The molecule has 2 aromatic heterocycles. The van der Waals surface area contributed by atoms with Crippen molar-refractivity contribution in [3.63, 3.8) is 0 Å². The Kier molecular flexibility index (Phi) is 11.4. The van der Waals surface area contributed by atoms with Crippen LogP contribution in [0.3, 0.4) is 0 Å². The average Bonchev–Trinajstić information content (AvgIpc) is 2.50. The van der Waals surface area contributed by atoms with Gasteiger partial charge < -0.3 is 5.73 Å². The van der Waals surface area contributed by atoms with Crippen molar-refractivity contribution in [2.75, 3.05) is 5.73 Å². The molecule has 0 fully saturated rings. The van der Waals surface area contributed by atoms with Crippen molar-refractivity contribution in [1.82, 2.24) is 9.97 Å². The van der Waals surface area contributed by atoms with Gasteiger partial charge in [-0.1, -0.05) is 5.73 Å². The third-order valence-corrected chi connectivity index (χ3v) is 1.81. The molecule has 0 spiro atoms. The highest BCUT2D eigenvalue weighted by Gasteiger charge is 1.80. The highest BCUT2D eigenvalue weighted by molar-refractivity contribution is 7.78. The van der Waals surface area contributed by atoms with E-state index < -0.39 is 0 Å². The number of nitrogens with zero attached hydrogens (tertiary/aromatic N) is 3. The fourth-order valence-corrected chi connectivity index (χ4v) is 0.954. The van der Waals surface area contributed by atoms with Gasteiger partial charge in [0.2, 0.25) is 0 Å². The Hall–Kier alpha value is -2.45. The van der Waals surface area contributed by atoms with Crippen LogP contribution in [-0.2, 0) is 0 Å². The summed E-state index contributed by atoms with van der Waals surface area (Å²) in [6.07, 6.45) is 6.61. The van der Waals surface area contributed by atoms with Gasteiger partial charge in [0.15, 0.2) is 0 Å². The molecule has 2 aromatic rings. The van der Waals surface area contributed by atoms with E-state index in [9.17, 15) is 0 Å². The standard InChI is InChI=1S/C6H4N2S.C5H6N2.C3H2S/c9-5-8-6-2-1-3-7-4-6;6-5-2-1-3-7-4-5;1-2-3-4/h1-4H;1-4H,6H2;1H2. The first-order chi connectivity index (χ1) is 9.74. The van der Waals surface area contributed by atoms with Gasteiger partial charge in [-0.15, -0.1) is 0 Å². The van der Waals surface area contributed by atoms with Crippen LogP contribution in [0.5, 0.6) is 0 Å². The molecule has 0 bridgehead atoms. The van der Waals surface area contributed by atoms with Gasteiger partial charge in [0.1, 0.15) is 0 Å². The van der Waals surface area contributed by atoms with E-state index in [2.05, 4.69) is 61.9 Å². The fraction of sp³-hybridized carbons (Fsp3) is 0. The van der Waals surface area contributed by atoms with E-state index in [1.165, 1.54) is 0 Å². The minimum absolute atomic E-state index is 0.711. The molecule has 0 saturated heterocycles. The quantitative estimate of drug-likeness (QED) is 0.497. The first-order valence-electron chi connectivity index (χ1n) is 5.27. The molecule has 2 rings (SSSR count). The Morgan fingerprint density at radius 2 is 1.70 bits per heavy atom. The minimum atomic E-state index is 0.711. The van der Waals surface area contributed by atoms with Crippen LogP contribution in [0.15, 0.2) is 66.4 Å². The topological polar surface area (TPSA) is 64.2 Å². The molecular formula is C14H12N4S2. The van der Waals surface area contributed by atoms with Gasteiger partial charge in [-0.05, 0) is 55.3 Å². The van der Waals surface area contributed by atoms with Crippen LogP contribution in [0.25, 0.3) is 0 Å². The summed E-state index contributed by atoms with van der Waals surface area (Å²) in [5.41, 5.74) is 8.99. The Morgan fingerprint density at radius 1 is 1.10 bits per heavy atom. The zero-order valence-corrected chi connectivity index (χ0v) is 12.2. The van der Waals surface area contributed by atoms with Crippen molar-refractivity contribution in [1.29, 1.82) is 0 Å². The summed E-state index contributed by atoms with van der Waals surface area (Å²) in [5.74, 6) is 0. The number of rotatable bonds is 1. The lowest BCUT2D eigenvalue weighted by Crippen LogP contribution is -1.82. The second-order valence-electron chi connectivity index (χ2n) is 2.98. The van der Waals surface area contributed by atoms with Gasteiger partial charge in [0, 0.05) is 23.6 Å². The van der Waals surface area contributed by atoms with Crippen LogP contribution in [0.2, 0.25) is 0 Å². The van der Waals surface area contributed by atoms with Crippen molar-refractivity contribution >= 4 is 46.0 Å². The van der Waals surface area contributed by atoms with Crippen molar-refractivity contribution in [3.05, 3.63) is 61.4 Å². The summed E-state index contributed by atoms with van der Waals surface area (Å²) < 4.78 is 0. The van der Waals surface area contributed by atoms with Crippen LogP contribution in [0.4, 0.5) is 11.4 Å². The molecule has 2 N–H and O–H groups in total. The van der Waals surface area contributed by atoms with E-state index >= 15 is 0 Å². The summed E-state index contributed by atoms with van der Waals surface area (Å²) in [7, 11) is 0. The summed E-state index contributed by atoms with van der Waals surface area (Å²) in [5, 5.41) is 4.41. The van der Waals surface area contributed by atoms with Crippen LogP contribution in [0, 0.1) is 0 Å². The first-order valence-corrected chi connectivity index (χ1v) is 6.09. The number of hydrogen-bond acceptors (Lipinski definition) is 6. The normalized spacial score (nSPS) is 7.20. The number of nitrogen functional groups attached to an aromatic ring is 1. The van der Waals surface area contributed by atoms with Crippen molar-refractivity contribution < 1.29 is 0 Å². The monoisotopic (exact) mass is 300 g/mol. The maximum atomic E-state index is 5.30. The zero-order valence-electron chi connectivity index (χ0n) is 10.6. The Labute approximate surface area is 128 Å². The SMILES string of the molecule is C=C=C=S.Nc1cccnc1.S=C=Nc1cccnc1. The van der Waals surface area contributed by atoms with Crippen LogP contribution < -0.4 is 5.73 Å². The molecule has 100 valence electrons. The predicted molar refractivity (Wildman–Crippen MR) is 89.3 cm³/mol. The molecule has 0 saturated carbocycles. The number of pyridine rings is 2. The number of anilines is 1. The second-order valence-corrected chi connectivity index (χ2v) is 3.37. The molecule has 0 atom stereocenters.